The topological polar surface area (TPSA) is 60.5 Å². The quantitative estimate of drug-likeness (QED) is 0.598. The zero-order valence-corrected chi connectivity index (χ0v) is 14.0. The number of benzene rings is 1. The summed E-state index contributed by atoms with van der Waals surface area (Å²) >= 11 is 1.58. The second kappa shape index (κ2) is 8.10. The molecule has 0 bridgehead atoms. The van der Waals surface area contributed by atoms with E-state index < -0.39 is 0 Å². The summed E-state index contributed by atoms with van der Waals surface area (Å²) in [6.45, 7) is 5.88. The Balaban J connectivity index is 1.98. The first kappa shape index (κ1) is 16.7. The van der Waals surface area contributed by atoms with Gasteiger partial charge in [-0.05, 0) is 23.6 Å². The Morgan fingerprint density at radius 2 is 2.23 bits per heavy atom. The van der Waals surface area contributed by atoms with E-state index in [1.807, 2.05) is 32.0 Å². The summed E-state index contributed by atoms with van der Waals surface area (Å²) in [4.78, 5) is 16.3. The molecule has 0 unspecified atom stereocenters. The Labute approximate surface area is 134 Å². The van der Waals surface area contributed by atoms with Gasteiger partial charge in [-0.3, -0.25) is 4.79 Å². The van der Waals surface area contributed by atoms with Crippen LogP contribution in [0.15, 0.2) is 18.2 Å². The number of thiazole rings is 1. The van der Waals surface area contributed by atoms with Crippen LogP contribution < -0.4 is 5.32 Å². The van der Waals surface area contributed by atoms with E-state index >= 15 is 0 Å². The first-order chi connectivity index (χ1) is 10.6. The van der Waals surface area contributed by atoms with Gasteiger partial charge in [0, 0.05) is 13.7 Å². The van der Waals surface area contributed by atoms with E-state index in [0.29, 0.717) is 25.6 Å². The fourth-order valence-corrected chi connectivity index (χ4v) is 2.85. The van der Waals surface area contributed by atoms with Crippen molar-refractivity contribution in [1.29, 1.82) is 0 Å². The molecule has 1 N–H and O–H groups in total. The average Bonchev–Trinajstić information content (AvgIpc) is 2.87. The molecule has 0 saturated heterocycles. The molecule has 0 aliphatic carbocycles. The van der Waals surface area contributed by atoms with E-state index in [1.54, 1.807) is 18.4 Å². The third-order valence-electron chi connectivity index (χ3n) is 2.96. The Bertz CT molecular complexity index is 625. The summed E-state index contributed by atoms with van der Waals surface area (Å²) in [6.07, 6.45) is 0.299. The van der Waals surface area contributed by atoms with Crippen molar-refractivity contribution >= 4 is 32.7 Å². The second-order valence-corrected chi connectivity index (χ2v) is 6.52. The lowest BCUT2D eigenvalue weighted by molar-refractivity contribution is -0.143. The van der Waals surface area contributed by atoms with E-state index in [4.69, 9.17) is 9.47 Å². The number of aromatic nitrogens is 1. The molecule has 2 rings (SSSR count). The number of hydrogen-bond donors (Lipinski definition) is 1. The van der Waals surface area contributed by atoms with Crippen molar-refractivity contribution < 1.29 is 14.3 Å². The van der Waals surface area contributed by atoms with Crippen LogP contribution >= 0.6 is 11.3 Å². The van der Waals surface area contributed by atoms with E-state index in [2.05, 4.69) is 10.3 Å². The molecule has 0 atom stereocenters. The molecule has 0 aliphatic rings. The highest BCUT2D eigenvalue weighted by atomic mass is 32.1. The fourth-order valence-electron chi connectivity index (χ4n) is 1.89. The van der Waals surface area contributed by atoms with Gasteiger partial charge in [0.1, 0.15) is 0 Å². The third kappa shape index (κ3) is 4.96. The maximum absolute atomic E-state index is 11.8. The van der Waals surface area contributed by atoms with E-state index in [-0.39, 0.29) is 5.97 Å². The number of nitrogens with zero attached hydrogens (tertiary/aromatic N) is 1. The summed E-state index contributed by atoms with van der Waals surface area (Å²) < 4.78 is 11.3. The number of fused-ring (bicyclic) bond motifs is 1. The molecule has 22 heavy (non-hydrogen) atoms. The van der Waals surface area contributed by atoms with Gasteiger partial charge in [0.05, 0.1) is 29.9 Å². The SMILES string of the molecule is COCCNc1nc2ccc(CC(=O)OCC(C)C)cc2s1. The molecule has 0 aliphatic heterocycles. The Morgan fingerprint density at radius 1 is 1.41 bits per heavy atom. The number of methoxy groups -OCH3 is 1. The van der Waals surface area contributed by atoms with Gasteiger partial charge in [0.15, 0.2) is 5.13 Å². The normalized spacial score (nSPS) is 11.1. The Morgan fingerprint density at radius 3 is 2.95 bits per heavy atom. The van der Waals surface area contributed by atoms with Crippen molar-refractivity contribution in [2.45, 2.75) is 20.3 Å². The molecule has 0 amide bonds. The van der Waals surface area contributed by atoms with Crippen molar-refractivity contribution in [1.82, 2.24) is 4.98 Å². The van der Waals surface area contributed by atoms with Crippen LogP contribution in [0.25, 0.3) is 10.2 Å². The third-order valence-corrected chi connectivity index (χ3v) is 3.94. The largest absolute Gasteiger partial charge is 0.465 e. The first-order valence-corrected chi connectivity index (χ1v) is 8.18. The zero-order chi connectivity index (χ0) is 15.9. The van der Waals surface area contributed by atoms with Crippen molar-refractivity contribution in [2.75, 3.05) is 32.2 Å². The number of esters is 1. The molecule has 1 aromatic heterocycles. The van der Waals surface area contributed by atoms with Crippen LogP contribution in [0.4, 0.5) is 5.13 Å². The molecular weight excluding hydrogens is 300 g/mol. The van der Waals surface area contributed by atoms with Crippen LogP contribution in [0.3, 0.4) is 0 Å². The molecule has 0 radical (unpaired) electrons. The van der Waals surface area contributed by atoms with Crippen LogP contribution in [-0.2, 0) is 20.7 Å². The highest BCUT2D eigenvalue weighted by molar-refractivity contribution is 7.22. The van der Waals surface area contributed by atoms with Crippen LogP contribution in [0, 0.1) is 5.92 Å². The molecule has 2 aromatic rings. The molecule has 0 spiro atoms. The van der Waals surface area contributed by atoms with E-state index in [0.717, 1.165) is 27.5 Å². The predicted molar refractivity (Wildman–Crippen MR) is 89.5 cm³/mol. The molecule has 1 aromatic carbocycles. The minimum atomic E-state index is -0.184. The zero-order valence-electron chi connectivity index (χ0n) is 13.2. The standard InChI is InChI=1S/C16H22N2O3S/c1-11(2)10-21-15(19)9-12-4-5-13-14(8-12)22-16(18-13)17-6-7-20-3/h4-5,8,11H,6-7,9-10H2,1-3H3,(H,17,18). The van der Waals surface area contributed by atoms with Gasteiger partial charge in [0.25, 0.3) is 0 Å². The van der Waals surface area contributed by atoms with Crippen molar-refractivity contribution in [3.8, 4) is 0 Å². The number of anilines is 1. The lowest BCUT2D eigenvalue weighted by atomic mass is 10.1. The van der Waals surface area contributed by atoms with Gasteiger partial charge < -0.3 is 14.8 Å². The smallest absolute Gasteiger partial charge is 0.310 e. The number of rotatable bonds is 8. The maximum Gasteiger partial charge on any atom is 0.310 e. The molecule has 5 nitrogen and oxygen atoms in total. The molecule has 0 fully saturated rings. The fraction of sp³-hybridized carbons (Fsp3) is 0.500. The van der Waals surface area contributed by atoms with E-state index in [9.17, 15) is 4.79 Å². The molecular formula is C16H22N2O3S. The maximum atomic E-state index is 11.8. The lowest BCUT2D eigenvalue weighted by Crippen LogP contribution is -2.12. The molecule has 1 heterocycles. The summed E-state index contributed by atoms with van der Waals surface area (Å²) in [7, 11) is 1.67. The first-order valence-electron chi connectivity index (χ1n) is 7.36. The van der Waals surface area contributed by atoms with Gasteiger partial charge in [-0.2, -0.15) is 0 Å². The summed E-state index contributed by atoms with van der Waals surface area (Å²) in [5.41, 5.74) is 1.89. The van der Waals surface area contributed by atoms with Gasteiger partial charge in [-0.25, -0.2) is 4.98 Å². The lowest BCUT2D eigenvalue weighted by Gasteiger charge is -2.06. The molecule has 6 heteroatoms. The van der Waals surface area contributed by atoms with Crippen molar-refractivity contribution in [2.24, 2.45) is 5.92 Å². The summed E-state index contributed by atoms with van der Waals surface area (Å²) in [5.74, 6) is 0.171. The Kier molecular flexibility index (Phi) is 6.15. The van der Waals surface area contributed by atoms with Crippen LogP contribution in [0.2, 0.25) is 0 Å². The Hall–Kier alpha value is -1.66. The van der Waals surface area contributed by atoms with Crippen LogP contribution in [0.5, 0.6) is 0 Å². The van der Waals surface area contributed by atoms with Gasteiger partial charge in [-0.15, -0.1) is 0 Å². The van der Waals surface area contributed by atoms with Gasteiger partial charge >= 0.3 is 5.97 Å². The summed E-state index contributed by atoms with van der Waals surface area (Å²) in [6, 6.07) is 5.88. The van der Waals surface area contributed by atoms with Gasteiger partial charge in [0.2, 0.25) is 0 Å². The monoisotopic (exact) mass is 322 g/mol. The van der Waals surface area contributed by atoms with Crippen LogP contribution in [0.1, 0.15) is 19.4 Å². The minimum absolute atomic E-state index is 0.184. The summed E-state index contributed by atoms with van der Waals surface area (Å²) in [5, 5.41) is 4.09. The second-order valence-electron chi connectivity index (χ2n) is 5.49. The molecule has 120 valence electrons. The highest BCUT2D eigenvalue weighted by Crippen LogP contribution is 2.26. The average molecular weight is 322 g/mol. The number of hydrogen-bond acceptors (Lipinski definition) is 6. The number of carbonyl (C=O) groups is 1. The molecule has 0 saturated carbocycles. The van der Waals surface area contributed by atoms with Crippen LogP contribution in [-0.4, -0.2) is 37.8 Å². The number of carbonyl (C=O) groups excluding carboxylic acids is 1. The predicted octanol–water partition coefficient (Wildman–Crippen LogP) is 3.10. The minimum Gasteiger partial charge on any atom is -0.465 e. The van der Waals surface area contributed by atoms with Crippen molar-refractivity contribution in [3.05, 3.63) is 23.8 Å². The number of nitrogens with one attached hydrogen (secondary N) is 1. The number of ether oxygens (including phenoxy) is 2. The van der Waals surface area contributed by atoms with Gasteiger partial charge in [-0.1, -0.05) is 31.3 Å². The van der Waals surface area contributed by atoms with Crippen molar-refractivity contribution in [3.63, 3.8) is 0 Å². The van der Waals surface area contributed by atoms with E-state index in [1.165, 1.54) is 0 Å². The highest BCUT2D eigenvalue weighted by Gasteiger charge is 2.09.